The number of carbonyl (C=O) groups excluding carboxylic acids is 3. The normalized spacial score (nSPS) is 12.9. The largest absolute Gasteiger partial charge is 0.497 e. The Morgan fingerprint density at radius 2 is 1.52 bits per heavy atom. The summed E-state index contributed by atoms with van der Waals surface area (Å²) in [6.07, 6.45) is 2.36. The van der Waals surface area contributed by atoms with Crippen LogP contribution in [0.1, 0.15) is 78.6 Å². The second-order valence-corrected chi connectivity index (χ2v) is 11.8. The molecule has 2 aromatic carbocycles. The number of Topliss-reactive ketones (excluding diaryl/α,β-unsaturated/α-hetero) is 1. The molecule has 0 amide bonds. The third kappa shape index (κ3) is 6.10. The zero-order chi connectivity index (χ0) is 30.7. The standard InChI is InChI=1S/C35H39NO6/c1-8-35(5,33(39)41-7)21-27-29(32(38)34(2,3)4)28-20-26(42-22-23-12-10-9-11-13-23)18-19-36(28)30(27)31(37)24-14-16-25(40-6)17-15-24/h9-20H,8,21-22H2,1-7H3. The van der Waals surface area contributed by atoms with Crippen molar-refractivity contribution in [3.63, 3.8) is 0 Å². The Kier molecular flexibility index (Phi) is 8.90. The molecule has 0 saturated carbocycles. The van der Waals surface area contributed by atoms with Gasteiger partial charge in [-0.15, -0.1) is 0 Å². The zero-order valence-corrected chi connectivity index (χ0v) is 25.4. The Morgan fingerprint density at radius 1 is 0.857 bits per heavy atom. The van der Waals surface area contributed by atoms with E-state index >= 15 is 0 Å². The van der Waals surface area contributed by atoms with Gasteiger partial charge in [0, 0.05) is 28.8 Å². The maximum atomic E-state index is 14.3. The van der Waals surface area contributed by atoms with E-state index in [0.717, 1.165) is 5.56 Å². The summed E-state index contributed by atoms with van der Waals surface area (Å²) in [6.45, 7) is 9.61. The number of nitrogens with zero attached hydrogens (tertiary/aromatic N) is 1. The molecule has 0 aliphatic rings. The minimum Gasteiger partial charge on any atom is -0.497 e. The van der Waals surface area contributed by atoms with Crippen LogP contribution in [0.25, 0.3) is 5.52 Å². The highest BCUT2D eigenvalue weighted by molar-refractivity contribution is 6.15. The van der Waals surface area contributed by atoms with E-state index in [2.05, 4.69) is 0 Å². The molecule has 0 saturated heterocycles. The molecule has 42 heavy (non-hydrogen) atoms. The summed E-state index contributed by atoms with van der Waals surface area (Å²) in [5.41, 5.74) is 1.54. The van der Waals surface area contributed by atoms with E-state index < -0.39 is 16.8 Å². The fourth-order valence-corrected chi connectivity index (χ4v) is 5.02. The third-order valence-corrected chi connectivity index (χ3v) is 7.76. The molecule has 4 rings (SSSR count). The van der Waals surface area contributed by atoms with Gasteiger partial charge in [-0.2, -0.15) is 0 Å². The average molecular weight is 570 g/mol. The number of carbonyl (C=O) groups is 3. The van der Waals surface area contributed by atoms with Crippen LogP contribution in [0.15, 0.2) is 72.9 Å². The first-order chi connectivity index (χ1) is 19.9. The van der Waals surface area contributed by atoms with Crippen LogP contribution in [0.2, 0.25) is 0 Å². The van der Waals surface area contributed by atoms with Crippen LogP contribution in [-0.4, -0.2) is 36.2 Å². The van der Waals surface area contributed by atoms with E-state index in [-0.39, 0.29) is 18.0 Å². The monoisotopic (exact) mass is 569 g/mol. The van der Waals surface area contributed by atoms with Crippen molar-refractivity contribution < 1.29 is 28.6 Å². The first-order valence-electron chi connectivity index (χ1n) is 14.1. The van der Waals surface area contributed by atoms with Crippen molar-refractivity contribution in [2.24, 2.45) is 10.8 Å². The van der Waals surface area contributed by atoms with Gasteiger partial charge in [-0.3, -0.25) is 14.4 Å². The first-order valence-corrected chi connectivity index (χ1v) is 14.1. The van der Waals surface area contributed by atoms with Gasteiger partial charge in [-0.1, -0.05) is 58.0 Å². The third-order valence-electron chi connectivity index (χ3n) is 7.76. The lowest BCUT2D eigenvalue weighted by molar-refractivity contribution is -0.151. The van der Waals surface area contributed by atoms with Crippen molar-refractivity contribution in [2.75, 3.05) is 14.2 Å². The topological polar surface area (TPSA) is 83.3 Å². The fourth-order valence-electron chi connectivity index (χ4n) is 5.02. The van der Waals surface area contributed by atoms with Crippen molar-refractivity contribution in [1.29, 1.82) is 0 Å². The molecule has 0 aliphatic heterocycles. The number of ketones is 2. The Hall–Kier alpha value is -4.39. The molecule has 0 aliphatic carbocycles. The number of aromatic nitrogens is 1. The highest BCUT2D eigenvalue weighted by Gasteiger charge is 2.39. The van der Waals surface area contributed by atoms with E-state index in [9.17, 15) is 14.4 Å². The number of ether oxygens (including phenoxy) is 3. The second-order valence-electron chi connectivity index (χ2n) is 11.8. The molecule has 7 heteroatoms. The molecule has 0 fully saturated rings. The maximum absolute atomic E-state index is 14.3. The Labute approximate surface area is 247 Å². The summed E-state index contributed by atoms with van der Waals surface area (Å²) < 4.78 is 18.3. The number of pyridine rings is 1. The van der Waals surface area contributed by atoms with E-state index in [1.807, 2.05) is 65.0 Å². The fraction of sp³-hybridized carbons (Fsp3) is 0.343. The molecular weight excluding hydrogens is 530 g/mol. The summed E-state index contributed by atoms with van der Waals surface area (Å²) in [6, 6.07) is 20.2. The molecule has 0 radical (unpaired) electrons. The van der Waals surface area contributed by atoms with Gasteiger partial charge < -0.3 is 18.6 Å². The van der Waals surface area contributed by atoms with Gasteiger partial charge in [0.15, 0.2) is 5.78 Å². The molecule has 1 unspecified atom stereocenters. The van der Waals surface area contributed by atoms with Gasteiger partial charge >= 0.3 is 5.97 Å². The van der Waals surface area contributed by atoms with Crippen molar-refractivity contribution in [2.45, 2.75) is 54.1 Å². The molecule has 7 nitrogen and oxygen atoms in total. The molecular formula is C35H39NO6. The van der Waals surface area contributed by atoms with Crippen LogP contribution >= 0.6 is 0 Å². The predicted octanol–water partition coefficient (Wildman–Crippen LogP) is 7.12. The van der Waals surface area contributed by atoms with Crippen molar-refractivity contribution >= 4 is 23.1 Å². The molecule has 0 bridgehead atoms. The number of benzene rings is 2. The maximum Gasteiger partial charge on any atom is 0.311 e. The van der Waals surface area contributed by atoms with Gasteiger partial charge in [0.25, 0.3) is 0 Å². The van der Waals surface area contributed by atoms with E-state index in [1.165, 1.54) is 7.11 Å². The molecule has 220 valence electrons. The van der Waals surface area contributed by atoms with Gasteiger partial charge in [-0.25, -0.2) is 0 Å². The van der Waals surface area contributed by atoms with E-state index in [0.29, 0.717) is 52.4 Å². The van der Waals surface area contributed by atoms with Crippen LogP contribution in [0, 0.1) is 10.8 Å². The highest BCUT2D eigenvalue weighted by atomic mass is 16.5. The SMILES string of the molecule is CCC(C)(Cc1c(C(=O)C(C)(C)C)c2cc(OCc3ccccc3)ccn2c1C(=O)c1ccc(OC)cc1)C(=O)OC. The van der Waals surface area contributed by atoms with Gasteiger partial charge in [-0.05, 0) is 61.2 Å². The smallest absolute Gasteiger partial charge is 0.311 e. The molecule has 1 atom stereocenters. The number of hydrogen-bond donors (Lipinski definition) is 0. The minimum absolute atomic E-state index is 0.132. The van der Waals surface area contributed by atoms with E-state index in [4.69, 9.17) is 14.2 Å². The Balaban J connectivity index is 1.98. The Bertz CT molecular complexity index is 1590. The van der Waals surface area contributed by atoms with E-state index in [1.54, 1.807) is 54.1 Å². The summed E-state index contributed by atoms with van der Waals surface area (Å²) in [4.78, 5) is 41.4. The minimum atomic E-state index is -0.964. The Morgan fingerprint density at radius 3 is 2.10 bits per heavy atom. The summed E-state index contributed by atoms with van der Waals surface area (Å²) in [5, 5.41) is 0. The van der Waals surface area contributed by atoms with Crippen LogP contribution in [0.5, 0.6) is 11.5 Å². The van der Waals surface area contributed by atoms with Crippen LogP contribution in [0.4, 0.5) is 0 Å². The average Bonchev–Trinajstić information content (AvgIpc) is 3.30. The van der Waals surface area contributed by atoms with Crippen LogP contribution in [-0.2, 0) is 22.6 Å². The highest BCUT2D eigenvalue weighted by Crippen LogP contribution is 2.39. The lowest BCUT2D eigenvalue weighted by atomic mass is 9.77. The number of esters is 1. The van der Waals surface area contributed by atoms with Crippen molar-refractivity contribution in [1.82, 2.24) is 4.40 Å². The van der Waals surface area contributed by atoms with Gasteiger partial charge in [0.2, 0.25) is 5.78 Å². The molecule has 0 spiro atoms. The molecule has 2 aromatic heterocycles. The predicted molar refractivity (Wildman–Crippen MR) is 163 cm³/mol. The lowest BCUT2D eigenvalue weighted by Crippen LogP contribution is -2.32. The zero-order valence-electron chi connectivity index (χ0n) is 25.4. The second kappa shape index (κ2) is 12.2. The van der Waals surface area contributed by atoms with Gasteiger partial charge in [0.1, 0.15) is 18.1 Å². The van der Waals surface area contributed by atoms with Crippen LogP contribution < -0.4 is 9.47 Å². The van der Waals surface area contributed by atoms with Crippen LogP contribution in [0.3, 0.4) is 0 Å². The van der Waals surface area contributed by atoms with Gasteiger partial charge in [0.05, 0.1) is 30.8 Å². The summed E-state index contributed by atoms with van der Waals surface area (Å²) in [7, 11) is 2.92. The number of hydrogen-bond acceptors (Lipinski definition) is 6. The molecule has 0 N–H and O–H groups in total. The number of fused-ring (bicyclic) bond motifs is 1. The lowest BCUT2D eigenvalue weighted by Gasteiger charge is -2.26. The molecule has 4 aromatic rings. The van der Waals surface area contributed by atoms with Crippen molar-refractivity contribution in [3.05, 3.63) is 101 Å². The summed E-state index contributed by atoms with van der Waals surface area (Å²) in [5.74, 6) is 0.390. The number of methoxy groups -OCH3 is 2. The summed E-state index contributed by atoms with van der Waals surface area (Å²) >= 11 is 0. The quantitative estimate of drug-likeness (QED) is 0.141. The number of rotatable bonds is 11. The molecule has 2 heterocycles. The first kappa shape index (κ1) is 30.6. The van der Waals surface area contributed by atoms with Crippen molar-refractivity contribution in [3.8, 4) is 11.5 Å².